The Morgan fingerprint density at radius 3 is 2.95 bits per heavy atom. The highest BCUT2D eigenvalue weighted by atomic mass is 79.9. The van der Waals surface area contributed by atoms with E-state index < -0.39 is 0 Å². The largest absolute Gasteiger partial charge is 0.380 e. The number of hydrogen-bond acceptors (Lipinski definition) is 3. The van der Waals surface area contributed by atoms with Crippen molar-refractivity contribution < 1.29 is 0 Å². The summed E-state index contributed by atoms with van der Waals surface area (Å²) in [5.74, 6) is 0. The van der Waals surface area contributed by atoms with Gasteiger partial charge < -0.3 is 5.32 Å². The molecule has 0 aliphatic rings. The SMILES string of the molecule is Brc1csc(CNc2cccc(-n3cccn3)c2)c1. The van der Waals surface area contributed by atoms with Crippen molar-refractivity contribution in [2.24, 2.45) is 0 Å². The number of halogens is 1. The average molecular weight is 334 g/mol. The first-order chi connectivity index (χ1) is 9.31. The molecule has 19 heavy (non-hydrogen) atoms. The number of aromatic nitrogens is 2. The minimum Gasteiger partial charge on any atom is -0.380 e. The average Bonchev–Trinajstić information content (AvgIpc) is 3.08. The molecule has 0 spiro atoms. The summed E-state index contributed by atoms with van der Waals surface area (Å²) in [6, 6.07) is 12.3. The maximum absolute atomic E-state index is 4.23. The molecule has 3 rings (SSSR count). The van der Waals surface area contributed by atoms with E-state index in [1.165, 1.54) is 4.88 Å². The molecule has 2 heterocycles. The standard InChI is InChI=1S/C14H12BrN3S/c15-11-7-14(19-10-11)9-16-12-3-1-4-13(8-12)18-6-2-5-17-18/h1-8,10,16H,9H2. The van der Waals surface area contributed by atoms with E-state index in [-0.39, 0.29) is 0 Å². The molecule has 2 aromatic heterocycles. The van der Waals surface area contributed by atoms with Gasteiger partial charge in [0.05, 0.1) is 5.69 Å². The second-order valence-electron chi connectivity index (χ2n) is 4.09. The Bertz CT molecular complexity index is 661. The molecule has 0 saturated heterocycles. The minimum atomic E-state index is 0.832. The van der Waals surface area contributed by atoms with Crippen LogP contribution >= 0.6 is 27.3 Å². The molecule has 5 heteroatoms. The number of nitrogens with one attached hydrogen (secondary N) is 1. The fraction of sp³-hybridized carbons (Fsp3) is 0.0714. The molecule has 1 N–H and O–H groups in total. The molecule has 0 radical (unpaired) electrons. The Balaban J connectivity index is 1.73. The predicted molar refractivity (Wildman–Crippen MR) is 82.9 cm³/mol. The van der Waals surface area contributed by atoms with Crippen molar-refractivity contribution >= 4 is 33.0 Å². The summed E-state index contributed by atoms with van der Waals surface area (Å²) in [4.78, 5) is 1.30. The summed E-state index contributed by atoms with van der Waals surface area (Å²) in [5, 5.41) is 9.75. The molecule has 1 aromatic carbocycles. The smallest absolute Gasteiger partial charge is 0.0666 e. The molecular weight excluding hydrogens is 322 g/mol. The van der Waals surface area contributed by atoms with Crippen molar-refractivity contribution in [1.82, 2.24) is 9.78 Å². The van der Waals surface area contributed by atoms with Crippen molar-refractivity contribution in [3.05, 3.63) is 63.5 Å². The Labute approximate surface area is 124 Å². The number of hydrogen-bond donors (Lipinski definition) is 1. The van der Waals surface area contributed by atoms with Crippen molar-refractivity contribution in [3.8, 4) is 5.69 Å². The van der Waals surface area contributed by atoms with Gasteiger partial charge in [-0.1, -0.05) is 6.07 Å². The van der Waals surface area contributed by atoms with E-state index in [0.29, 0.717) is 0 Å². The zero-order valence-corrected chi connectivity index (χ0v) is 12.5. The van der Waals surface area contributed by atoms with Crippen LogP contribution in [0.5, 0.6) is 0 Å². The van der Waals surface area contributed by atoms with Crippen LogP contribution in [-0.4, -0.2) is 9.78 Å². The molecule has 96 valence electrons. The van der Waals surface area contributed by atoms with Gasteiger partial charge in [0.15, 0.2) is 0 Å². The van der Waals surface area contributed by atoms with Gasteiger partial charge in [-0.3, -0.25) is 0 Å². The Hall–Kier alpha value is -1.59. The molecule has 0 amide bonds. The first-order valence-corrected chi connectivity index (χ1v) is 7.55. The monoisotopic (exact) mass is 333 g/mol. The molecular formula is C14H12BrN3S. The fourth-order valence-corrected chi connectivity index (χ4v) is 3.21. The third-order valence-electron chi connectivity index (χ3n) is 2.70. The van der Waals surface area contributed by atoms with E-state index in [1.54, 1.807) is 17.5 Å². The maximum atomic E-state index is 4.23. The van der Waals surface area contributed by atoms with Crippen molar-refractivity contribution in [1.29, 1.82) is 0 Å². The van der Waals surface area contributed by atoms with E-state index in [1.807, 2.05) is 29.1 Å². The number of rotatable bonds is 4. The zero-order valence-electron chi connectivity index (χ0n) is 10.1. The zero-order chi connectivity index (χ0) is 13.1. The summed E-state index contributed by atoms with van der Waals surface area (Å²) in [6.07, 6.45) is 3.72. The summed E-state index contributed by atoms with van der Waals surface area (Å²) in [6.45, 7) is 0.832. The van der Waals surface area contributed by atoms with Crippen LogP contribution in [0, 0.1) is 0 Å². The number of anilines is 1. The van der Waals surface area contributed by atoms with Gasteiger partial charge >= 0.3 is 0 Å². The summed E-state index contributed by atoms with van der Waals surface area (Å²) in [7, 11) is 0. The van der Waals surface area contributed by atoms with E-state index in [9.17, 15) is 0 Å². The lowest BCUT2D eigenvalue weighted by Gasteiger charge is -2.07. The van der Waals surface area contributed by atoms with Crippen LogP contribution in [0.15, 0.2) is 58.6 Å². The molecule has 0 bridgehead atoms. The fourth-order valence-electron chi connectivity index (χ4n) is 1.82. The number of thiophene rings is 1. The summed E-state index contributed by atoms with van der Waals surface area (Å²) >= 11 is 5.21. The summed E-state index contributed by atoms with van der Waals surface area (Å²) in [5.41, 5.74) is 2.15. The van der Waals surface area contributed by atoms with E-state index in [4.69, 9.17) is 0 Å². The normalized spacial score (nSPS) is 10.6. The lowest BCUT2D eigenvalue weighted by molar-refractivity contribution is 0.880. The molecule has 0 unspecified atom stereocenters. The molecule has 3 aromatic rings. The van der Waals surface area contributed by atoms with E-state index >= 15 is 0 Å². The lowest BCUT2D eigenvalue weighted by atomic mass is 10.2. The van der Waals surface area contributed by atoms with Gasteiger partial charge in [-0.15, -0.1) is 11.3 Å². The first kappa shape index (κ1) is 12.4. The molecule has 0 aliphatic heterocycles. The maximum Gasteiger partial charge on any atom is 0.0666 e. The Kier molecular flexibility index (Phi) is 3.66. The van der Waals surface area contributed by atoms with Crippen LogP contribution in [0.2, 0.25) is 0 Å². The molecule has 3 nitrogen and oxygen atoms in total. The molecule has 0 saturated carbocycles. The van der Waals surface area contributed by atoms with Crippen molar-refractivity contribution in [2.75, 3.05) is 5.32 Å². The van der Waals surface area contributed by atoms with Crippen LogP contribution in [0.25, 0.3) is 5.69 Å². The van der Waals surface area contributed by atoms with Crippen LogP contribution in [-0.2, 0) is 6.54 Å². The topological polar surface area (TPSA) is 29.9 Å². The van der Waals surface area contributed by atoms with Crippen LogP contribution in [0.4, 0.5) is 5.69 Å². The van der Waals surface area contributed by atoms with Crippen LogP contribution < -0.4 is 5.32 Å². The highest BCUT2D eigenvalue weighted by molar-refractivity contribution is 9.10. The lowest BCUT2D eigenvalue weighted by Crippen LogP contribution is -1.99. The van der Waals surface area contributed by atoms with Gasteiger partial charge in [-0.05, 0) is 46.3 Å². The van der Waals surface area contributed by atoms with Gasteiger partial charge in [0, 0.05) is 39.4 Å². The van der Waals surface area contributed by atoms with E-state index in [0.717, 1.165) is 22.4 Å². The van der Waals surface area contributed by atoms with Crippen molar-refractivity contribution in [3.63, 3.8) is 0 Å². The van der Waals surface area contributed by atoms with Crippen LogP contribution in [0.1, 0.15) is 4.88 Å². The Morgan fingerprint density at radius 1 is 1.26 bits per heavy atom. The van der Waals surface area contributed by atoms with Gasteiger partial charge in [0.1, 0.15) is 0 Å². The number of nitrogens with zero attached hydrogens (tertiary/aromatic N) is 2. The second-order valence-corrected chi connectivity index (χ2v) is 6.00. The molecule has 0 atom stereocenters. The van der Waals surface area contributed by atoms with Gasteiger partial charge in [0.2, 0.25) is 0 Å². The quantitative estimate of drug-likeness (QED) is 0.771. The number of benzene rings is 1. The predicted octanol–water partition coefficient (Wildman–Crippen LogP) is 4.31. The first-order valence-electron chi connectivity index (χ1n) is 5.88. The third-order valence-corrected chi connectivity index (χ3v) is 4.40. The van der Waals surface area contributed by atoms with E-state index in [2.05, 4.69) is 49.9 Å². The van der Waals surface area contributed by atoms with Gasteiger partial charge in [0.25, 0.3) is 0 Å². The minimum absolute atomic E-state index is 0.832. The Morgan fingerprint density at radius 2 is 2.21 bits per heavy atom. The van der Waals surface area contributed by atoms with Crippen molar-refractivity contribution in [2.45, 2.75) is 6.54 Å². The molecule has 0 fully saturated rings. The van der Waals surface area contributed by atoms with Gasteiger partial charge in [-0.25, -0.2) is 4.68 Å². The van der Waals surface area contributed by atoms with Gasteiger partial charge in [-0.2, -0.15) is 5.10 Å². The highest BCUT2D eigenvalue weighted by Crippen LogP contribution is 2.21. The third kappa shape index (κ3) is 3.05. The highest BCUT2D eigenvalue weighted by Gasteiger charge is 2.00. The summed E-state index contributed by atoms with van der Waals surface area (Å²) < 4.78 is 2.99. The molecule has 0 aliphatic carbocycles. The van der Waals surface area contributed by atoms with Crippen LogP contribution in [0.3, 0.4) is 0 Å². The second kappa shape index (κ2) is 5.59.